The standard InChI is InChI=1S/C39H55FN6O5S/c1-25(2)34(43-38(50)51-23-30-24-52-37(41-30)26(3)4)36(49)42-31(19-27-11-9-8-10-12-27)33(47)22-46-18-17-45(20-28-13-15-29(40)16-14-28)21-32(46)35(48)44-39(5,6)7/h8-16,24-26,31-34,47H,17-23H2,1-7H3,(H,42,49)(H,43,50)(H,44,48)/t31-,32-,33+,34-/m0/s1. The van der Waals surface area contributed by atoms with Crippen molar-refractivity contribution in [3.63, 3.8) is 0 Å². The van der Waals surface area contributed by atoms with Gasteiger partial charge in [0.15, 0.2) is 0 Å². The van der Waals surface area contributed by atoms with Gasteiger partial charge in [-0.15, -0.1) is 11.3 Å². The highest BCUT2D eigenvalue weighted by molar-refractivity contribution is 7.09. The second-order valence-electron chi connectivity index (χ2n) is 15.3. The summed E-state index contributed by atoms with van der Waals surface area (Å²) in [6.07, 6.45) is -1.47. The highest BCUT2D eigenvalue weighted by Crippen LogP contribution is 2.20. The van der Waals surface area contributed by atoms with E-state index in [0.29, 0.717) is 38.3 Å². The Morgan fingerprint density at radius 2 is 1.69 bits per heavy atom. The third-order valence-corrected chi connectivity index (χ3v) is 10.0. The summed E-state index contributed by atoms with van der Waals surface area (Å²) in [6, 6.07) is 13.7. The number of thiazole rings is 1. The van der Waals surface area contributed by atoms with Crippen LogP contribution in [0.5, 0.6) is 0 Å². The van der Waals surface area contributed by atoms with Crippen molar-refractivity contribution in [3.05, 3.63) is 87.6 Å². The zero-order valence-electron chi connectivity index (χ0n) is 31.4. The van der Waals surface area contributed by atoms with Crippen molar-refractivity contribution >= 4 is 29.2 Å². The number of carbonyl (C=O) groups excluding carboxylic acids is 3. The van der Waals surface area contributed by atoms with Crippen LogP contribution in [0, 0.1) is 11.7 Å². The van der Waals surface area contributed by atoms with E-state index < -0.39 is 41.8 Å². The first-order valence-electron chi connectivity index (χ1n) is 18.0. The van der Waals surface area contributed by atoms with Crippen molar-refractivity contribution in [2.45, 2.75) is 104 Å². The number of benzene rings is 2. The maximum atomic E-state index is 13.8. The van der Waals surface area contributed by atoms with Gasteiger partial charge in [0.2, 0.25) is 11.8 Å². The van der Waals surface area contributed by atoms with Gasteiger partial charge in [-0.05, 0) is 56.4 Å². The number of halogens is 1. The van der Waals surface area contributed by atoms with Crippen LogP contribution in [0.15, 0.2) is 60.0 Å². The van der Waals surface area contributed by atoms with Crippen molar-refractivity contribution in [3.8, 4) is 0 Å². The summed E-state index contributed by atoms with van der Waals surface area (Å²) in [4.78, 5) is 49.0. The number of rotatable bonds is 15. The molecule has 0 aliphatic carbocycles. The summed E-state index contributed by atoms with van der Waals surface area (Å²) in [5.41, 5.74) is 2.03. The number of aliphatic hydroxyl groups excluding tert-OH is 1. The molecular weight excluding hydrogens is 684 g/mol. The molecule has 1 saturated heterocycles. The summed E-state index contributed by atoms with van der Waals surface area (Å²) in [5, 5.41) is 23.5. The molecule has 4 N–H and O–H groups in total. The number of β-amino-alcohol motifs (C(OH)–C–C–N with tert-alkyl or cyclic N) is 1. The first kappa shape index (κ1) is 40.9. The molecule has 2 heterocycles. The minimum atomic E-state index is -1.06. The zero-order chi connectivity index (χ0) is 38.0. The van der Waals surface area contributed by atoms with Crippen LogP contribution in [0.3, 0.4) is 0 Å². The SMILES string of the molecule is CC(C)c1nc(COC(=O)N[C@H](C(=O)N[C@@H](Cc2ccccc2)[C@H](O)CN2CCN(Cc3ccc(F)cc3)C[C@H]2C(=O)NC(C)(C)C)C(C)C)cs1. The summed E-state index contributed by atoms with van der Waals surface area (Å²) < 4.78 is 19.0. The van der Waals surface area contributed by atoms with E-state index in [2.05, 4.69) is 25.8 Å². The highest BCUT2D eigenvalue weighted by atomic mass is 32.1. The number of hydrogen-bond acceptors (Lipinski definition) is 9. The van der Waals surface area contributed by atoms with Gasteiger partial charge in [0.05, 0.1) is 22.8 Å². The number of amides is 3. The van der Waals surface area contributed by atoms with Crippen LogP contribution in [0.1, 0.15) is 76.2 Å². The number of alkyl carbamates (subject to hydrolysis) is 1. The van der Waals surface area contributed by atoms with Gasteiger partial charge in [-0.1, -0.05) is 70.2 Å². The molecule has 4 atom stereocenters. The minimum Gasteiger partial charge on any atom is -0.443 e. The molecule has 0 spiro atoms. The molecule has 0 unspecified atom stereocenters. The molecule has 284 valence electrons. The van der Waals surface area contributed by atoms with E-state index in [-0.39, 0.29) is 36.7 Å². The van der Waals surface area contributed by atoms with Gasteiger partial charge in [-0.3, -0.25) is 19.4 Å². The van der Waals surface area contributed by atoms with Gasteiger partial charge in [0.1, 0.15) is 24.5 Å². The summed E-state index contributed by atoms with van der Waals surface area (Å²) in [5.74, 6) is -0.927. The molecule has 3 aromatic rings. The molecule has 11 nitrogen and oxygen atoms in total. The molecule has 52 heavy (non-hydrogen) atoms. The van der Waals surface area contributed by atoms with E-state index >= 15 is 0 Å². The van der Waals surface area contributed by atoms with Crippen LogP contribution in [0.4, 0.5) is 9.18 Å². The fourth-order valence-corrected chi connectivity index (χ4v) is 6.90. The summed E-state index contributed by atoms with van der Waals surface area (Å²) in [7, 11) is 0. The molecule has 2 aromatic carbocycles. The van der Waals surface area contributed by atoms with Gasteiger partial charge in [0, 0.05) is 49.6 Å². The van der Waals surface area contributed by atoms with E-state index in [9.17, 15) is 23.9 Å². The van der Waals surface area contributed by atoms with Gasteiger partial charge < -0.3 is 25.8 Å². The molecule has 1 aliphatic rings. The summed E-state index contributed by atoms with van der Waals surface area (Å²) >= 11 is 1.51. The highest BCUT2D eigenvalue weighted by Gasteiger charge is 2.37. The number of aromatic nitrogens is 1. The van der Waals surface area contributed by atoms with Gasteiger partial charge in [0.25, 0.3) is 0 Å². The predicted molar refractivity (Wildman–Crippen MR) is 201 cm³/mol. The Morgan fingerprint density at radius 3 is 2.31 bits per heavy atom. The number of piperazine rings is 1. The third kappa shape index (κ3) is 12.6. The third-order valence-electron chi connectivity index (χ3n) is 8.84. The number of ether oxygens (including phenoxy) is 1. The van der Waals surface area contributed by atoms with Crippen LogP contribution < -0.4 is 16.0 Å². The number of nitrogens with one attached hydrogen (secondary N) is 3. The molecule has 1 aromatic heterocycles. The second kappa shape index (κ2) is 18.7. The first-order valence-corrected chi connectivity index (χ1v) is 18.9. The molecule has 13 heteroatoms. The summed E-state index contributed by atoms with van der Waals surface area (Å²) in [6.45, 7) is 15.7. The maximum Gasteiger partial charge on any atom is 0.408 e. The number of nitrogens with zero attached hydrogens (tertiary/aromatic N) is 3. The zero-order valence-corrected chi connectivity index (χ0v) is 32.2. The lowest BCUT2D eigenvalue weighted by Crippen LogP contribution is -2.63. The van der Waals surface area contributed by atoms with E-state index in [4.69, 9.17) is 4.74 Å². The van der Waals surface area contributed by atoms with Crippen LogP contribution >= 0.6 is 11.3 Å². The molecular formula is C39H55FN6O5S. The quantitative estimate of drug-likeness (QED) is 0.174. The van der Waals surface area contributed by atoms with E-state index in [0.717, 1.165) is 16.1 Å². The largest absolute Gasteiger partial charge is 0.443 e. The first-order chi connectivity index (χ1) is 24.6. The fraction of sp³-hybridized carbons (Fsp3) is 0.538. The predicted octanol–water partition coefficient (Wildman–Crippen LogP) is 4.85. The van der Waals surface area contributed by atoms with E-state index in [1.165, 1.54) is 23.5 Å². The maximum absolute atomic E-state index is 13.8. The lowest BCUT2D eigenvalue weighted by Gasteiger charge is -2.43. The van der Waals surface area contributed by atoms with Crippen LogP contribution in [0.25, 0.3) is 0 Å². The number of carbonyl (C=O) groups is 3. The van der Waals surface area contributed by atoms with Gasteiger partial charge in [-0.25, -0.2) is 14.2 Å². The molecule has 0 bridgehead atoms. The number of hydrogen-bond donors (Lipinski definition) is 4. The fourth-order valence-electron chi connectivity index (χ4n) is 6.08. The average molecular weight is 739 g/mol. The van der Waals surface area contributed by atoms with Crippen molar-refractivity contribution in [2.24, 2.45) is 5.92 Å². The van der Waals surface area contributed by atoms with Crippen molar-refractivity contribution in [1.29, 1.82) is 0 Å². The monoisotopic (exact) mass is 738 g/mol. The van der Waals surface area contributed by atoms with Gasteiger partial charge >= 0.3 is 6.09 Å². The minimum absolute atomic E-state index is 0.0159. The van der Waals surface area contributed by atoms with Crippen LogP contribution in [0.2, 0.25) is 0 Å². The van der Waals surface area contributed by atoms with Crippen LogP contribution in [-0.2, 0) is 33.9 Å². The van der Waals surface area contributed by atoms with Crippen molar-refractivity contribution in [2.75, 3.05) is 26.2 Å². The molecule has 1 fully saturated rings. The molecule has 0 saturated carbocycles. The molecule has 3 amide bonds. The second-order valence-corrected chi connectivity index (χ2v) is 16.1. The Kier molecular flexibility index (Phi) is 14.7. The molecule has 1 aliphatic heterocycles. The Hall–Kier alpha value is -3.91. The van der Waals surface area contributed by atoms with E-state index in [1.807, 2.05) is 89.1 Å². The Labute approximate surface area is 311 Å². The molecule has 4 rings (SSSR count). The molecule has 0 radical (unpaired) electrons. The van der Waals surface area contributed by atoms with Gasteiger partial charge in [-0.2, -0.15) is 0 Å². The lowest BCUT2D eigenvalue weighted by molar-refractivity contribution is -0.132. The topological polar surface area (TPSA) is 136 Å². The Balaban J connectivity index is 1.47. The van der Waals surface area contributed by atoms with E-state index in [1.54, 1.807) is 12.1 Å². The van der Waals surface area contributed by atoms with Crippen LogP contribution in [-0.4, -0.2) is 93.7 Å². The number of aliphatic hydroxyl groups is 1. The lowest BCUT2D eigenvalue weighted by atomic mass is 9.97. The smallest absolute Gasteiger partial charge is 0.408 e. The normalized spacial score (nSPS) is 17.4. The van der Waals surface area contributed by atoms with Crippen molar-refractivity contribution < 1.29 is 28.6 Å². The van der Waals surface area contributed by atoms with Crippen molar-refractivity contribution in [1.82, 2.24) is 30.7 Å². The Morgan fingerprint density at radius 1 is 1.00 bits per heavy atom. The average Bonchev–Trinajstić information content (AvgIpc) is 3.57. The Bertz CT molecular complexity index is 1600.